The molecule has 1 atom stereocenters. The number of hydroxylamine groups is 2. The van der Waals surface area contributed by atoms with Crippen LogP contribution >= 0.6 is 15.9 Å². The van der Waals surface area contributed by atoms with Crippen molar-refractivity contribution in [3.8, 4) is 0 Å². The molecule has 1 aromatic carbocycles. The molecule has 4 nitrogen and oxygen atoms in total. The zero-order valence-electron chi connectivity index (χ0n) is 9.18. The molecule has 1 rings (SSSR count). The lowest BCUT2D eigenvalue weighted by Gasteiger charge is -2.17. The molecule has 1 unspecified atom stereocenters. The van der Waals surface area contributed by atoms with Crippen LogP contribution in [0.1, 0.15) is 18.1 Å². The Hall–Kier alpha value is -0.910. The van der Waals surface area contributed by atoms with E-state index in [-0.39, 0.29) is 12.3 Å². The summed E-state index contributed by atoms with van der Waals surface area (Å²) in [6, 6.07) is 7.26. The monoisotopic (exact) mass is 287 g/mol. The standard InChI is InChI=1S/C11H14BrNO3/c1-13(16-2)11(15)7-10(14)8-5-3-4-6-9(8)12/h3-6,10,14H,7H2,1-2H3. The van der Waals surface area contributed by atoms with Crippen molar-refractivity contribution >= 4 is 21.8 Å². The van der Waals surface area contributed by atoms with E-state index in [1.54, 1.807) is 6.07 Å². The highest BCUT2D eigenvalue weighted by atomic mass is 79.9. The van der Waals surface area contributed by atoms with E-state index < -0.39 is 6.10 Å². The lowest BCUT2D eigenvalue weighted by molar-refractivity contribution is -0.170. The molecule has 1 aromatic rings. The summed E-state index contributed by atoms with van der Waals surface area (Å²) in [5, 5.41) is 11.0. The predicted molar refractivity (Wildman–Crippen MR) is 63.5 cm³/mol. The summed E-state index contributed by atoms with van der Waals surface area (Å²) in [4.78, 5) is 16.2. The molecular weight excluding hydrogens is 274 g/mol. The molecule has 0 aliphatic rings. The first-order chi connectivity index (χ1) is 7.56. The highest BCUT2D eigenvalue weighted by molar-refractivity contribution is 9.10. The van der Waals surface area contributed by atoms with Crippen molar-refractivity contribution in [3.05, 3.63) is 34.3 Å². The van der Waals surface area contributed by atoms with E-state index in [4.69, 9.17) is 4.84 Å². The Labute approximate surface area is 103 Å². The van der Waals surface area contributed by atoms with Gasteiger partial charge in [0, 0.05) is 11.5 Å². The van der Waals surface area contributed by atoms with Crippen LogP contribution in [-0.2, 0) is 9.63 Å². The largest absolute Gasteiger partial charge is 0.388 e. The topological polar surface area (TPSA) is 49.8 Å². The van der Waals surface area contributed by atoms with Gasteiger partial charge in [-0.1, -0.05) is 34.1 Å². The van der Waals surface area contributed by atoms with Gasteiger partial charge in [0.05, 0.1) is 19.6 Å². The molecule has 0 saturated carbocycles. The van der Waals surface area contributed by atoms with Gasteiger partial charge in [-0.15, -0.1) is 0 Å². The number of rotatable bonds is 4. The first-order valence-electron chi connectivity index (χ1n) is 4.79. The van der Waals surface area contributed by atoms with Crippen LogP contribution in [-0.4, -0.2) is 30.2 Å². The van der Waals surface area contributed by atoms with E-state index in [1.807, 2.05) is 18.2 Å². The lowest BCUT2D eigenvalue weighted by atomic mass is 10.1. The highest BCUT2D eigenvalue weighted by Gasteiger charge is 2.17. The highest BCUT2D eigenvalue weighted by Crippen LogP contribution is 2.25. The zero-order valence-corrected chi connectivity index (χ0v) is 10.8. The fraction of sp³-hybridized carbons (Fsp3) is 0.364. The molecule has 0 radical (unpaired) electrons. The van der Waals surface area contributed by atoms with Crippen LogP contribution in [0.3, 0.4) is 0 Å². The maximum absolute atomic E-state index is 11.5. The van der Waals surface area contributed by atoms with Gasteiger partial charge >= 0.3 is 0 Å². The third-order valence-electron chi connectivity index (χ3n) is 2.26. The van der Waals surface area contributed by atoms with Gasteiger partial charge in [0.25, 0.3) is 0 Å². The van der Waals surface area contributed by atoms with Crippen LogP contribution in [0.2, 0.25) is 0 Å². The minimum atomic E-state index is -0.833. The number of carbonyl (C=O) groups excluding carboxylic acids is 1. The maximum atomic E-state index is 11.5. The molecule has 88 valence electrons. The molecule has 0 aliphatic heterocycles. The van der Waals surface area contributed by atoms with Crippen molar-refractivity contribution in [3.63, 3.8) is 0 Å². The Bertz CT molecular complexity index is 370. The van der Waals surface area contributed by atoms with Gasteiger partial charge in [-0.25, -0.2) is 5.06 Å². The van der Waals surface area contributed by atoms with Gasteiger partial charge < -0.3 is 5.11 Å². The van der Waals surface area contributed by atoms with Crippen molar-refractivity contribution in [2.24, 2.45) is 0 Å². The molecule has 1 amide bonds. The third kappa shape index (κ3) is 3.30. The summed E-state index contributed by atoms with van der Waals surface area (Å²) in [6.07, 6.45) is -0.840. The molecule has 0 saturated heterocycles. The maximum Gasteiger partial charge on any atom is 0.248 e. The minimum Gasteiger partial charge on any atom is -0.388 e. The fourth-order valence-corrected chi connectivity index (χ4v) is 1.80. The van der Waals surface area contributed by atoms with Crippen LogP contribution in [0.15, 0.2) is 28.7 Å². The summed E-state index contributed by atoms with van der Waals surface area (Å²) in [7, 11) is 2.91. The van der Waals surface area contributed by atoms with Gasteiger partial charge in [0.2, 0.25) is 5.91 Å². The second kappa shape index (κ2) is 5.98. The summed E-state index contributed by atoms with van der Waals surface area (Å²) < 4.78 is 0.787. The van der Waals surface area contributed by atoms with Gasteiger partial charge in [-0.3, -0.25) is 9.63 Å². The number of nitrogens with zero attached hydrogens (tertiary/aromatic N) is 1. The van der Waals surface area contributed by atoms with E-state index in [2.05, 4.69) is 15.9 Å². The normalized spacial score (nSPS) is 12.2. The molecule has 0 aromatic heterocycles. The third-order valence-corrected chi connectivity index (χ3v) is 2.98. The Morgan fingerprint density at radius 1 is 1.56 bits per heavy atom. The first-order valence-corrected chi connectivity index (χ1v) is 5.58. The van der Waals surface area contributed by atoms with Crippen molar-refractivity contribution in [1.29, 1.82) is 0 Å². The Morgan fingerprint density at radius 2 is 2.19 bits per heavy atom. The quantitative estimate of drug-likeness (QED) is 0.861. The summed E-state index contributed by atoms with van der Waals surface area (Å²) in [5.41, 5.74) is 0.695. The van der Waals surface area contributed by atoms with Gasteiger partial charge in [-0.2, -0.15) is 0 Å². The van der Waals surface area contributed by atoms with Crippen molar-refractivity contribution in [2.45, 2.75) is 12.5 Å². The second-order valence-electron chi connectivity index (χ2n) is 3.32. The molecule has 0 heterocycles. The number of carbonyl (C=O) groups is 1. The number of aliphatic hydroxyl groups excluding tert-OH is 1. The first kappa shape index (κ1) is 13.2. The molecule has 1 N–H and O–H groups in total. The summed E-state index contributed by atoms with van der Waals surface area (Å²) in [5.74, 6) is -0.272. The lowest BCUT2D eigenvalue weighted by Crippen LogP contribution is -2.26. The van der Waals surface area contributed by atoms with E-state index in [1.165, 1.54) is 14.2 Å². The molecular formula is C11H14BrNO3. The molecule has 0 spiro atoms. The summed E-state index contributed by atoms with van der Waals surface area (Å²) >= 11 is 3.32. The number of hydrogen-bond acceptors (Lipinski definition) is 3. The molecule has 0 fully saturated rings. The van der Waals surface area contributed by atoms with Gasteiger partial charge in [0.1, 0.15) is 0 Å². The number of benzene rings is 1. The number of aliphatic hydroxyl groups is 1. The van der Waals surface area contributed by atoms with Crippen molar-refractivity contribution in [2.75, 3.05) is 14.2 Å². The van der Waals surface area contributed by atoms with Crippen molar-refractivity contribution < 1.29 is 14.7 Å². The SMILES string of the molecule is CON(C)C(=O)CC(O)c1ccccc1Br. The molecule has 0 aliphatic carbocycles. The van der Waals surface area contributed by atoms with E-state index in [9.17, 15) is 9.90 Å². The van der Waals surface area contributed by atoms with Gasteiger partial charge in [-0.05, 0) is 11.6 Å². The van der Waals surface area contributed by atoms with Crippen molar-refractivity contribution in [1.82, 2.24) is 5.06 Å². The average molecular weight is 288 g/mol. The molecule has 0 bridgehead atoms. The Kier molecular flexibility index (Phi) is 4.92. The summed E-state index contributed by atoms with van der Waals surface area (Å²) in [6.45, 7) is 0. The zero-order chi connectivity index (χ0) is 12.1. The minimum absolute atomic E-state index is 0.00699. The van der Waals surface area contributed by atoms with Gasteiger partial charge in [0.15, 0.2) is 0 Å². The smallest absolute Gasteiger partial charge is 0.248 e. The number of hydrogen-bond donors (Lipinski definition) is 1. The second-order valence-corrected chi connectivity index (χ2v) is 4.17. The van der Waals surface area contributed by atoms with Crippen LogP contribution in [0.5, 0.6) is 0 Å². The van der Waals surface area contributed by atoms with Crippen LogP contribution in [0, 0.1) is 0 Å². The van der Waals surface area contributed by atoms with E-state index >= 15 is 0 Å². The predicted octanol–water partition coefficient (Wildman–Crippen LogP) is 1.89. The number of amides is 1. The van der Waals surface area contributed by atoms with Crippen LogP contribution < -0.4 is 0 Å². The van der Waals surface area contributed by atoms with E-state index in [0.717, 1.165) is 9.54 Å². The fourth-order valence-electron chi connectivity index (χ4n) is 1.25. The average Bonchev–Trinajstić information content (AvgIpc) is 2.28. The van der Waals surface area contributed by atoms with Crippen LogP contribution in [0.25, 0.3) is 0 Å². The molecule has 5 heteroatoms. The number of halogens is 1. The van der Waals surface area contributed by atoms with Crippen LogP contribution in [0.4, 0.5) is 0 Å². The Balaban J connectivity index is 2.69. The van der Waals surface area contributed by atoms with E-state index in [0.29, 0.717) is 5.56 Å². The molecule has 16 heavy (non-hydrogen) atoms. The Morgan fingerprint density at radius 3 is 2.75 bits per heavy atom.